The summed E-state index contributed by atoms with van der Waals surface area (Å²) in [6, 6.07) is 5.39. The van der Waals surface area contributed by atoms with Gasteiger partial charge in [-0.05, 0) is 57.2 Å². The van der Waals surface area contributed by atoms with Crippen LogP contribution in [0.1, 0.15) is 58.6 Å². The van der Waals surface area contributed by atoms with Gasteiger partial charge in [-0.25, -0.2) is 4.98 Å². The summed E-state index contributed by atoms with van der Waals surface area (Å²) in [4.78, 5) is 7.16. The van der Waals surface area contributed by atoms with E-state index in [1.165, 1.54) is 24.8 Å². The van der Waals surface area contributed by atoms with E-state index in [0.717, 1.165) is 24.8 Å². The number of nitrogens with one attached hydrogen (secondary N) is 1. The van der Waals surface area contributed by atoms with E-state index in [-0.39, 0.29) is 0 Å². The van der Waals surface area contributed by atoms with Gasteiger partial charge in [0.25, 0.3) is 0 Å². The largest absolute Gasteiger partial charge is 0.354 e. The molecule has 1 fully saturated rings. The van der Waals surface area contributed by atoms with Gasteiger partial charge >= 0.3 is 0 Å². The molecule has 3 atom stereocenters. The highest BCUT2D eigenvalue weighted by molar-refractivity contribution is 5.41. The summed E-state index contributed by atoms with van der Waals surface area (Å²) in [7, 11) is 0. The first kappa shape index (κ1) is 15.3. The maximum atomic E-state index is 4.70. The van der Waals surface area contributed by atoms with Crippen LogP contribution in [0.4, 0.5) is 5.82 Å². The highest BCUT2D eigenvalue weighted by Gasteiger charge is 2.25. The molecule has 1 N–H and O–H groups in total. The van der Waals surface area contributed by atoms with Crippen molar-refractivity contribution in [2.24, 2.45) is 5.92 Å². The maximum Gasteiger partial charge on any atom is 0.128 e. The van der Waals surface area contributed by atoms with Crippen molar-refractivity contribution in [1.82, 2.24) is 10.3 Å². The highest BCUT2D eigenvalue weighted by Crippen LogP contribution is 2.27. The van der Waals surface area contributed by atoms with Crippen molar-refractivity contribution >= 4 is 5.82 Å². The Hall–Kier alpha value is -1.09. The van der Waals surface area contributed by atoms with E-state index in [0.29, 0.717) is 12.1 Å². The molecular formula is C17H29N3. The lowest BCUT2D eigenvalue weighted by atomic mass is 9.92. The zero-order valence-corrected chi connectivity index (χ0v) is 13.4. The molecule has 20 heavy (non-hydrogen) atoms. The minimum Gasteiger partial charge on any atom is -0.354 e. The summed E-state index contributed by atoms with van der Waals surface area (Å²) < 4.78 is 0. The van der Waals surface area contributed by atoms with E-state index < -0.39 is 0 Å². The molecule has 0 bridgehead atoms. The minimum atomic E-state index is 0.384. The second-order valence-electron chi connectivity index (χ2n) is 6.18. The molecule has 2 rings (SSSR count). The molecule has 3 unspecified atom stereocenters. The van der Waals surface area contributed by atoms with Crippen molar-refractivity contribution in [3.05, 3.63) is 23.9 Å². The van der Waals surface area contributed by atoms with Crippen LogP contribution in [0.25, 0.3) is 0 Å². The zero-order valence-electron chi connectivity index (χ0n) is 13.4. The molecule has 1 aromatic heterocycles. The van der Waals surface area contributed by atoms with Crippen LogP contribution in [0.15, 0.2) is 18.3 Å². The van der Waals surface area contributed by atoms with Crippen LogP contribution in [-0.2, 0) is 0 Å². The van der Waals surface area contributed by atoms with Crippen molar-refractivity contribution in [1.29, 1.82) is 0 Å². The molecule has 2 heterocycles. The third-order valence-electron chi connectivity index (χ3n) is 4.64. The number of rotatable bonds is 5. The van der Waals surface area contributed by atoms with Gasteiger partial charge in [-0.15, -0.1) is 0 Å². The molecular weight excluding hydrogens is 246 g/mol. The van der Waals surface area contributed by atoms with Gasteiger partial charge in [0.1, 0.15) is 5.82 Å². The number of hydrogen-bond acceptors (Lipinski definition) is 3. The van der Waals surface area contributed by atoms with Gasteiger partial charge < -0.3 is 10.2 Å². The molecule has 0 spiro atoms. The van der Waals surface area contributed by atoms with Gasteiger partial charge in [0, 0.05) is 24.8 Å². The first-order valence-electron chi connectivity index (χ1n) is 8.09. The van der Waals surface area contributed by atoms with Gasteiger partial charge in [-0.3, -0.25) is 0 Å². The lowest BCUT2D eigenvalue weighted by molar-refractivity contribution is 0.361. The standard InChI is InChI=1S/C17H29N3/c1-5-10-18-14(3)16-8-9-17(19-12-16)20-11-6-7-13(2)15(20)4/h8-9,12-15,18H,5-7,10-11H2,1-4H3. The first-order valence-corrected chi connectivity index (χ1v) is 8.09. The van der Waals surface area contributed by atoms with Crippen LogP contribution in [-0.4, -0.2) is 24.1 Å². The lowest BCUT2D eigenvalue weighted by Gasteiger charge is -2.38. The van der Waals surface area contributed by atoms with E-state index in [1.807, 2.05) is 6.20 Å². The van der Waals surface area contributed by atoms with Crippen LogP contribution >= 0.6 is 0 Å². The average Bonchev–Trinajstić information content (AvgIpc) is 2.48. The van der Waals surface area contributed by atoms with E-state index in [9.17, 15) is 0 Å². The number of nitrogens with zero attached hydrogens (tertiary/aromatic N) is 2. The van der Waals surface area contributed by atoms with E-state index in [1.54, 1.807) is 0 Å². The number of aromatic nitrogens is 1. The second-order valence-corrected chi connectivity index (χ2v) is 6.18. The molecule has 0 radical (unpaired) electrons. The van der Waals surface area contributed by atoms with Crippen molar-refractivity contribution in [2.75, 3.05) is 18.0 Å². The van der Waals surface area contributed by atoms with Crippen LogP contribution in [0.5, 0.6) is 0 Å². The predicted octanol–water partition coefficient (Wildman–Crippen LogP) is 3.77. The maximum absolute atomic E-state index is 4.70. The Balaban J connectivity index is 2.04. The van der Waals surface area contributed by atoms with Crippen molar-refractivity contribution in [3.63, 3.8) is 0 Å². The Morgan fingerprint density at radius 3 is 2.85 bits per heavy atom. The van der Waals surface area contributed by atoms with Crippen LogP contribution in [0.2, 0.25) is 0 Å². The number of piperidine rings is 1. The Bertz CT molecular complexity index is 401. The molecule has 1 saturated heterocycles. The van der Waals surface area contributed by atoms with Gasteiger partial charge in [0.2, 0.25) is 0 Å². The molecule has 112 valence electrons. The lowest BCUT2D eigenvalue weighted by Crippen LogP contribution is -2.42. The fourth-order valence-corrected chi connectivity index (χ4v) is 2.96. The molecule has 0 aliphatic carbocycles. The molecule has 0 saturated carbocycles. The number of hydrogen-bond donors (Lipinski definition) is 1. The summed E-state index contributed by atoms with van der Waals surface area (Å²) >= 11 is 0. The molecule has 1 aromatic rings. The molecule has 1 aliphatic rings. The van der Waals surface area contributed by atoms with E-state index in [4.69, 9.17) is 4.98 Å². The van der Waals surface area contributed by atoms with E-state index in [2.05, 4.69) is 50.0 Å². The first-order chi connectivity index (χ1) is 9.63. The smallest absolute Gasteiger partial charge is 0.128 e. The fourth-order valence-electron chi connectivity index (χ4n) is 2.96. The number of anilines is 1. The molecule has 1 aliphatic heterocycles. The quantitative estimate of drug-likeness (QED) is 0.886. The predicted molar refractivity (Wildman–Crippen MR) is 86.2 cm³/mol. The van der Waals surface area contributed by atoms with Gasteiger partial charge in [-0.1, -0.05) is 19.9 Å². The SMILES string of the molecule is CCCNC(C)c1ccc(N2CCCC(C)C2C)nc1. The Morgan fingerprint density at radius 2 is 2.20 bits per heavy atom. The summed E-state index contributed by atoms with van der Waals surface area (Å²) in [6.07, 6.45) is 5.82. The zero-order chi connectivity index (χ0) is 14.5. The van der Waals surface area contributed by atoms with Crippen molar-refractivity contribution < 1.29 is 0 Å². The van der Waals surface area contributed by atoms with Crippen molar-refractivity contribution in [3.8, 4) is 0 Å². The highest BCUT2D eigenvalue weighted by atomic mass is 15.2. The third kappa shape index (κ3) is 3.51. The van der Waals surface area contributed by atoms with Crippen molar-refractivity contribution in [2.45, 2.75) is 59.0 Å². The third-order valence-corrected chi connectivity index (χ3v) is 4.64. The number of pyridine rings is 1. The summed E-state index contributed by atoms with van der Waals surface area (Å²) in [5.74, 6) is 1.89. The molecule has 3 heteroatoms. The monoisotopic (exact) mass is 275 g/mol. The van der Waals surface area contributed by atoms with Gasteiger partial charge in [0.15, 0.2) is 0 Å². The van der Waals surface area contributed by atoms with E-state index >= 15 is 0 Å². The second kappa shape index (κ2) is 7.07. The Labute approximate surface area is 123 Å². The topological polar surface area (TPSA) is 28.2 Å². The summed E-state index contributed by atoms with van der Waals surface area (Å²) in [5.41, 5.74) is 1.28. The van der Waals surface area contributed by atoms with Crippen LogP contribution < -0.4 is 10.2 Å². The fraction of sp³-hybridized carbons (Fsp3) is 0.706. The Kier molecular flexibility index (Phi) is 5.41. The minimum absolute atomic E-state index is 0.384. The van der Waals surface area contributed by atoms with Gasteiger partial charge in [0.05, 0.1) is 0 Å². The molecule has 0 amide bonds. The normalized spacial score (nSPS) is 24.7. The molecule has 3 nitrogen and oxygen atoms in total. The van der Waals surface area contributed by atoms with Crippen LogP contribution in [0.3, 0.4) is 0 Å². The Morgan fingerprint density at radius 1 is 1.40 bits per heavy atom. The molecule has 0 aromatic carbocycles. The van der Waals surface area contributed by atoms with Gasteiger partial charge in [-0.2, -0.15) is 0 Å². The summed E-state index contributed by atoms with van der Waals surface area (Å²) in [6.45, 7) is 11.3. The average molecular weight is 275 g/mol. The summed E-state index contributed by atoms with van der Waals surface area (Å²) in [5, 5.41) is 3.51. The van der Waals surface area contributed by atoms with Crippen LogP contribution in [0, 0.1) is 5.92 Å².